The predicted octanol–water partition coefficient (Wildman–Crippen LogP) is 2.51. The fourth-order valence-corrected chi connectivity index (χ4v) is 3.64. The number of nitrogens with zero attached hydrogens (tertiary/aromatic N) is 2. The molecular weight excluding hydrogens is 350 g/mol. The summed E-state index contributed by atoms with van der Waals surface area (Å²) < 4.78 is 4.99. The lowest BCUT2D eigenvalue weighted by atomic mass is 9.91. The topological polar surface area (TPSA) is 102 Å². The van der Waals surface area contributed by atoms with Crippen LogP contribution in [0.4, 0.5) is 11.4 Å². The van der Waals surface area contributed by atoms with Crippen LogP contribution in [0.5, 0.6) is 0 Å². The Morgan fingerprint density at radius 3 is 2.52 bits per heavy atom. The van der Waals surface area contributed by atoms with Gasteiger partial charge >= 0.3 is 5.97 Å². The van der Waals surface area contributed by atoms with Crippen molar-refractivity contribution in [1.29, 1.82) is 0 Å². The second-order valence-corrected chi connectivity index (χ2v) is 7.73. The molecule has 146 valence electrons. The van der Waals surface area contributed by atoms with Gasteiger partial charge in [-0.25, -0.2) is 4.79 Å². The van der Waals surface area contributed by atoms with Gasteiger partial charge in [-0.05, 0) is 43.2 Å². The number of esters is 1. The van der Waals surface area contributed by atoms with Crippen molar-refractivity contribution in [2.24, 2.45) is 11.8 Å². The minimum Gasteiger partial charge on any atom is -0.452 e. The summed E-state index contributed by atoms with van der Waals surface area (Å²) in [7, 11) is 0. The van der Waals surface area contributed by atoms with Gasteiger partial charge in [-0.15, -0.1) is 0 Å². The average molecular weight is 375 g/mol. The lowest BCUT2D eigenvalue weighted by Crippen LogP contribution is -2.39. The fourth-order valence-electron chi connectivity index (χ4n) is 3.64. The van der Waals surface area contributed by atoms with Gasteiger partial charge in [0.15, 0.2) is 6.61 Å². The van der Waals surface area contributed by atoms with E-state index in [1.165, 1.54) is 12.1 Å². The molecule has 0 spiro atoms. The molecule has 2 fully saturated rings. The minimum atomic E-state index is -0.740. The Morgan fingerprint density at radius 2 is 1.93 bits per heavy atom. The third kappa shape index (κ3) is 4.96. The van der Waals surface area contributed by atoms with Crippen molar-refractivity contribution in [2.45, 2.75) is 39.2 Å². The van der Waals surface area contributed by atoms with E-state index in [4.69, 9.17) is 4.74 Å². The summed E-state index contributed by atoms with van der Waals surface area (Å²) in [6, 6.07) is 4.54. The molecule has 8 nitrogen and oxygen atoms in total. The zero-order valence-electron chi connectivity index (χ0n) is 15.6. The molecule has 2 aliphatic rings. The normalized spacial score (nSPS) is 22.2. The van der Waals surface area contributed by atoms with Gasteiger partial charge in [0, 0.05) is 25.2 Å². The smallest absolute Gasteiger partial charge is 0.338 e. The van der Waals surface area contributed by atoms with Crippen LogP contribution in [0.1, 0.15) is 43.5 Å². The molecule has 27 heavy (non-hydrogen) atoms. The van der Waals surface area contributed by atoms with Crippen LogP contribution in [0.25, 0.3) is 0 Å². The molecule has 0 unspecified atom stereocenters. The molecule has 1 N–H and O–H groups in total. The fraction of sp³-hybridized carbons (Fsp3) is 0.579. The molecule has 1 aliphatic carbocycles. The number of amides is 1. The van der Waals surface area contributed by atoms with Crippen LogP contribution >= 0.6 is 0 Å². The first-order valence-electron chi connectivity index (χ1n) is 9.33. The van der Waals surface area contributed by atoms with Crippen LogP contribution in [-0.2, 0) is 9.53 Å². The number of hydrogen-bond acceptors (Lipinski definition) is 6. The summed E-state index contributed by atoms with van der Waals surface area (Å²) in [5.41, 5.74) is 0.470. The molecule has 8 heteroatoms. The number of nitrogens with one attached hydrogen (secondary N) is 1. The van der Waals surface area contributed by atoms with Crippen molar-refractivity contribution in [2.75, 3.05) is 24.6 Å². The Balaban J connectivity index is 1.71. The number of nitro groups is 1. The summed E-state index contributed by atoms with van der Waals surface area (Å²) in [5.74, 6) is -0.199. The number of piperidine rings is 1. The molecule has 0 bridgehead atoms. The van der Waals surface area contributed by atoms with Gasteiger partial charge < -0.3 is 15.0 Å². The van der Waals surface area contributed by atoms with Crippen molar-refractivity contribution in [3.05, 3.63) is 33.9 Å². The number of anilines is 1. The highest BCUT2D eigenvalue weighted by molar-refractivity contribution is 5.93. The zero-order valence-corrected chi connectivity index (χ0v) is 15.6. The number of hydrogen-bond donors (Lipinski definition) is 1. The number of benzene rings is 1. The van der Waals surface area contributed by atoms with E-state index < -0.39 is 10.9 Å². The number of carbonyl (C=O) groups is 2. The molecular formula is C19H25N3O5. The van der Waals surface area contributed by atoms with E-state index in [2.05, 4.69) is 19.2 Å². The van der Waals surface area contributed by atoms with Crippen molar-refractivity contribution in [3.63, 3.8) is 0 Å². The second-order valence-electron chi connectivity index (χ2n) is 7.73. The molecule has 1 aliphatic heterocycles. The highest BCUT2D eigenvalue weighted by atomic mass is 16.6. The zero-order chi connectivity index (χ0) is 19.6. The molecule has 1 heterocycles. The maximum Gasteiger partial charge on any atom is 0.338 e. The molecule has 0 radical (unpaired) electrons. The third-order valence-electron chi connectivity index (χ3n) is 4.89. The quantitative estimate of drug-likeness (QED) is 0.466. The van der Waals surface area contributed by atoms with Gasteiger partial charge in [0.25, 0.3) is 11.6 Å². The summed E-state index contributed by atoms with van der Waals surface area (Å²) in [6.45, 7) is 5.37. The summed E-state index contributed by atoms with van der Waals surface area (Å²) in [5, 5.41) is 14.3. The molecule has 3 rings (SSSR count). The molecule has 1 saturated heterocycles. The third-order valence-corrected chi connectivity index (χ3v) is 4.89. The molecule has 1 amide bonds. The monoisotopic (exact) mass is 375 g/mol. The Bertz CT molecular complexity index is 737. The van der Waals surface area contributed by atoms with Crippen LogP contribution in [0.2, 0.25) is 0 Å². The summed E-state index contributed by atoms with van der Waals surface area (Å²) in [6.07, 6.45) is 2.99. The molecule has 2 atom stereocenters. The maximum absolute atomic E-state index is 12.2. The van der Waals surface area contributed by atoms with Crippen molar-refractivity contribution in [1.82, 2.24) is 5.32 Å². The van der Waals surface area contributed by atoms with Crippen molar-refractivity contribution < 1.29 is 19.2 Å². The Labute approximate surface area is 158 Å². The lowest BCUT2D eigenvalue weighted by molar-refractivity contribution is -0.384. The van der Waals surface area contributed by atoms with Gasteiger partial charge in [-0.2, -0.15) is 0 Å². The van der Waals surface area contributed by atoms with Crippen LogP contribution in [0, 0.1) is 22.0 Å². The van der Waals surface area contributed by atoms with Gasteiger partial charge in [0.1, 0.15) is 5.69 Å². The number of ether oxygens (including phenoxy) is 1. The van der Waals surface area contributed by atoms with Gasteiger partial charge in [0.2, 0.25) is 0 Å². The predicted molar refractivity (Wildman–Crippen MR) is 99.7 cm³/mol. The molecule has 0 aromatic heterocycles. The van der Waals surface area contributed by atoms with E-state index in [9.17, 15) is 19.7 Å². The van der Waals surface area contributed by atoms with E-state index in [1.807, 2.05) is 4.90 Å². The van der Waals surface area contributed by atoms with Gasteiger partial charge in [0.05, 0.1) is 10.5 Å². The molecule has 1 saturated carbocycles. The number of nitro benzene ring substituents is 1. The van der Waals surface area contributed by atoms with E-state index in [-0.39, 0.29) is 29.8 Å². The van der Waals surface area contributed by atoms with E-state index in [0.29, 0.717) is 17.5 Å². The highest BCUT2D eigenvalue weighted by Crippen LogP contribution is 2.34. The first-order valence-corrected chi connectivity index (χ1v) is 9.33. The standard InChI is InChI=1S/C19H25N3O5/c1-12-7-13(2)10-21(9-12)16-6-3-14(8-17(16)22(25)26)19(24)27-11-18(23)20-15-4-5-15/h3,6,8,12-13,15H,4-5,7,9-11H2,1-2H3,(H,20,23)/t12-,13-/m0/s1. The van der Waals surface area contributed by atoms with Crippen LogP contribution in [0.3, 0.4) is 0 Å². The Kier molecular flexibility index (Phi) is 5.62. The number of rotatable bonds is 6. The molecule has 1 aromatic carbocycles. The summed E-state index contributed by atoms with van der Waals surface area (Å²) in [4.78, 5) is 36.9. The largest absolute Gasteiger partial charge is 0.452 e. The lowest BCUT2D eigenvalue weighted by Gasteiger charge is -2.36. The van der Waals surface area contributed by atoms with Crippen LogP contribution in [-0.4, -0.2) is 42.5 Å². The van der Waals surface area contributed by atoms with Crippen molar-refractivity contribution >= 4 is 23.3 Å². The average Bonchev–Trinajstić information content (AvgIpc) is 3.42. The van der Waals surface area contributed by atoms with Crippen molar-refractivity contribution in [3.8, 4) is 0 Å². The van der Waals surface area contributed by atoms with Gasteiger partial charge in [-0.1, -0.05) is 13.8 Å². The molecule has 1 aromatic rings. The Hall–Kier alpha value is -2.64. The summed E-state index contributed by atoms with van der Waals surface area (Å²) >= 11 is 0. The minimum absolute atomic E-state index is 0.0720. The first-order chi connectivity index (χ1) is 12.8. The maximum atomic E-state index is 12.2. The van der Waals surface area contributed by atoms with Crippen LogP contribution < -0.4 is 10.2 Å². The highest BCUT2D eigenvalue weighted by Gasteiger charge is 2.28. The Morgan fingerprint density at radius 1 is 1.26 bits per heavy atom. The van der Waals surface area contributed by atoms with E-state index in [0.717, 1.165) is 32.4 Å². The second kappa shape index (κ2) is 7.94. The number of carbonyl (C=O) groups excluding carboxylic acids is 2. The van der Waals surface area contributed by atoms with Crippen LogP contribution in [0.15, 0.2) is 18.2 Å². The van der Waals surface area contributed by atoms with E-state index in [1.54, 1.807) is 6.07 Å². The first kappa shape index (κ1) is 19.1. The SMILES string of the molecule is C[C@H]1C[C@H](C)CN(c2ccc(C(=O)OCC(=O)NC3CC3)cc2[N+](=O)[O-])C1. The van der Waals surface area contributed by atoms with Gasteiger partial charge in [-0.3, -0.25) is 14.9 Å². The van der Waals surface area contributed by atoms with E-state index >= 15 is 0 Å².